The zero-order chi connectivity index (χ0) is 18.3. The number of hydrogen-bond acceptors (Lipinski definition) is 4. The van der Waals surface area contributed by atoms with E-state index in [1.165, 1.54) is 4.90 Å². The molecule has 2 aliphatic heterocycles. The van der Waals surface area contributed by atoms with Gasteiger partial charge in [0.2, 0.25) is 0 Å². The molecule has 2 aromatic rings. The maximum absolute atomic E-state index is 14.1. The number of carbonyl (C=O) groups is 1. The van der Waals surface area contributed by atoms with Crippen LogP contribution in [0.25, 0.3) is 0 Å². The number of rotatable bonds is 2. The predicted molar refractivity (Wildman–Crippen MR) is 88.5 cm³/mol. The van der Waals surface area contributed by atoms with Crippen LogP contribution in [0.15, 0.2) is 30.3 Å². The summed E-state index contributed by atoms with van der Waals surface area (Å²) in [5.74, 6) is -2.08. The first kappa shape index (κ1) is 16.6. The van der Waals surface area contributed by atoms with Crippen molar-refractivity contribution in [3.63, 3.8) is 0 Å². The summed E-state index contributed by atoms with van der Waals surface area (Å²) in [5, 5.41) is 9.85. The molecule has 2 aliphatic rings. The third kappa shape index (κ3) is 2.83. The molecule has 1 atom stereocenters. The van der Waals surface area contributed by atoms with Crippen LogP contribution in [0.1, 0.15) is 34.8 Å². The fraction of sp³-hybridized carbons (Fsp3) is 0.316. The lowest BCUT2D eigenvalue weighted by Crippen LogP contribution is -2.31. The molecule has 1 saturated heterocycles. The smallest absolute Gasteiger partial charge is 0.261 e. The Balaban J connectivity index is 1.66. The molecule has 1 amide bonds. The third-order valence-corrected chi connectivity index (χ3v) is 4.71. The highest BCUT2D eigenvalue weighted by Gasteiger charge is 2.34. The zero-order valence-corrected chi connectivity index (χ0v) is 13.9. The van der Waals surface area contributed by atoms with Gasteiger partial charge in [-0.3, -0.25) is 4.79 Å². The average Bonchev–Trinajstić information content (AvgIpc) is 3.10. The maximum atomic E-state index is 14.1. The van der Waals surface area contributed by atoms with Gasteiger partial charge in [0.15, 0.2) is 11.5 Å². The van der Waals surface area contributed by atoms with Crippen LogP contribution in [0.3, 0.4) is 0 Å². The first-order valence-corrected chi connectivity index (χ1v) is 8.43. The summed E-state index contributed by atoms with van der Waals surface area (Å²) < 4.78 is 38.4. The molecule has 0 radical (unpaired) electrons. The van der Waals surface area contributed by atoms with Crippen LogP contribution in [0, 0.1) is 11.6 Å². The number of hydrogen-bond donors (Lipinski definition) is 1. The molecule has 0 bridgehead atoms. The van der Waals surface area contributed by atoms with Crippen molar-refractivity contribution in [1.82, 2.24) is 4.90 Å². The van der Waals surface area contributed by atoms with E-state index in [0.29, 0.717) is 43.7 Å². The molecule has 1 unspecified atom stereocenters. The van der Waals surface area contributed by atoms with E-state index in [0.717, 1.165) is 18.1 Å². The number of amides is 1. The number of aromatic hydroxyl groups is 1. The molecule has 136 valence electrons. The highest BCUT2D eigenvalue weighted by Crippen LogP contribution is 2.39. The second-order valence-electron chi connectivity index (χ2n) is 6.34. The van der Waals surface area contributed by atoms with Crippen LogP contribution < -0.4 is 9.47 Å². The van der Waals surface area contributed by atoms with Crippen molar-refractivity contribution in [2.75, 3.05) is 19.8 Å². The number of phenols is 1. The van der Waals surface area contributed by atoms with Gasteiger partial charge in [0.05, 0.1) is 6.04 Å². The van der Waals surface area contributed by atoms with Crippen molar-refractivity contribution in [3.05, 3.63) is 53.1 Å². The molecule has 1 fully saturated rings. The average molecular weight is 361 g/mol. The number of halogens is 2. The van der Waals surface area contributed by atoms with Gasteiger partial charge in [-0.15, -0.1) is 0 Å². The topological polar surface area (TPSA) is 59.0 Å². The molecule has 0 saturated carbocycles. The molecule has 0 aromatic heterocycles. The Morgan fingerprint density at radius 2 is 1.88 bits per heavy atom. The summed E-state index contributed by atoms with van der Waals surface area (Å²) in [4.78, 5) is 14.3. The summed E-state index contributed by atoms with van der Waals surface area (Å²) >= 11 is 0. The van der Waals surface area contributed by atoms with Gasteiger partial charge in [-0.25, -0.2) is 8.78 Å². The highest BCUT2D eigenvalue weighted by atomic mass is 19.1. The Hall–Kier alpha value is -2.83. The number of likely N-dealkylation sites (tertiary alicyclic amines) is 1. The van der Waals surface area contributed by atoms with E-state index < -0.39 is 28.9 Å². The van der Waals surface area contributed by atoms with E-state index in [4.69, 9.17) is 9.47 Å². The lowest BCUT2D eigenvalue weighted by molar-refractivity contribution is 0.0727. The maximum Gasteiger partial charge on any atom is 0.261 e. The molecule has 5 nitrogen and oxygen atoms in total. The van der Waals surface area contributed by atoms with Crippen molar-refractivity contribution in [1.29, 1.82) is 0 Å². The Morgan fingerprint density at radius 3 is 2.65 bits per heavy atom. The Labute approximate surface area is 148 Å². The minimum Gasteiger partial charge on any atom is -0.507 e. The van der Waals surface area contributed by atoms with Gasteiger partial charge in [0.1, 0.15) is 36.2 Å². The second-order valence-corrected chi connectivity index (χ2v) is 6.34. The van der Waals surface area contributed by atoms with E-state index in [9.17, 15) is 18.7 Å². The highest BCUT2D eigenvalue weighted by molar-refractivity contribution is 5.97. The van der Waals surface area contributed by atoms with Gasteiger partial charge >= 0.3 is 0 Å². The van der Waals surface area contributed by atoms with Gasteiger partial charge in [-0.05, 0) is 30.5 Å². The quantitative estimate of drug-likeness (QED) is 0.891. The first-order valence-electron chi connectivity index (χ1n) is 8.43. The van der Waals surface area contributed by atoms with E-state index in [1.54, 1.807) is 6.07 Å². The van der Waals surface area contributed by atoms with Crippen LogP contribution in [0.2, 0.25) is 0 Å². The van der Waals surface area contributed by atoms with E-state index in [-0.39, 0.29) is 6.04 Å². The van der Waals surface area contributed by atoms with E-state index in [2.05, 4.69) is 0 Å². The molecular formula is C19H17F2NO4. The lowest BCUT2D eigenvalue weighted by atomic mass is 10.0. The minimum absolute atomic E-state index is 0.276. The molecule has 0 spiro atoms. The number of benzene rings is 2. The standard InChI is InChI=1S/C19H17F2NO4/c20-12-9-13(21)18(15(23)10-12)19(24)22-5-1-2-14(22)11-3-4-16-17(8-11)26-7-6-25-16/h3-4,8-10,14,23H,1-2,5-7H2. The molecule has 4 rings (SSSR count). The minimum atomic E-state index is -1.07. The Kier molecular flexibility index (Phi) is 4.14. The number of nitrogens with zero attached hydrogens (tertiary/aromatic N) is 1. The van der Waals surface area contributed by atoms with Crippen molar-refractivity contribution in [2.45, 2.75) is 18.9 Å². The van der Waals surface area contributed by atoms with Crippen molar-refractivity contribution >= 4 is 5.91 Å². The molecular weight excluding hydrogens is 344 g/mol. The molecule has 7 heteroatoms. The number of fused-ring (bicyclic) bond motifs is 1. The van der Waals surface area contributed by atoms with Crippen LogP contribution in [0.4, 0.5) is 8.78 Å². The zero-order valence-electron chi connectivity index (χ0n) is 13.9. The van der Waals surface area contributed by atoms with Crippen molar-refractivity contribution in [3.8, 4) is 17.2 Å². The van der Waals surface area contributed by atoms with Gasteiger partial charge in [0, 0.05) is 18.7 Å². The van der Waals surface area contributed by atoms with Crippen molar-refractivity contribution in [2.24, 2.45) is 0 Å². The first-order chi connectivity index (χ1) is 12.5. The molecule has 0 aliphatic carbocycles. The largest absolute Gasteiger partial charge is 0.507 e. The Morgan fingerprint density at radius 1 is 1.12 bits per heavy atom. The normalized spacial score (nSPS) is 18.8. The van der Waals surface area contributed by atoms with E-state index in [1.807, 2.05) is 12.1 Å². The van der Waals surface area contributed by atoms with Crippen LogP contribution in [-0.4, -0.2) is 35.7 Å². The van der Waals surface area contributed by atoms with Crippen LogP contribution >= 0.6 is 0 Å². The molecule has 1 N–H and O–H groups in total. The number of carbonyl (C=O) groups excluding carboxylic acids is 1. The lowest BCUT2D eigenvalue weighted by Gasteiger charge is -2.27. The fourth-order valence-electron chi connectivity index (χ4n) is 3.54. The van der Waals surface area contributed by atoms with Gasteiger partial charge in [-0.2, -0.15) is 0 Å². The second kappa shape index (κ2) is 6.48. The predicted octanol–water partition coefficient (Wildman–Crippen LogP) is 3.42. The summed E-state index contributed by atoms with van der Waals surface area (Å²) in [5.41, 5.74) is 0.345. The van der Waals surface area contributed by atoms with Crippen LogP contribution in [0.5, 0.6) is 17.2 Å². The third-order valence-electron chi connectivity index (χ3n) is 4.71. The van der Waals surface area contributed by atoms with E-state index >= 15 is 0 Å². The Bertz CT molecular complexity index is 848. The summed E-state index contributed by atoms with van der Waals surface area (Å²) in [6, 6.07) is 6.53. The van der Waals surface area contributed by atoms with Gasteiger partial charge in [0.25, 0.3) is 5.91 Å². The monoisotopic (exact) mass is 361 g/mol. The SMILES string of the molecule is O=C(c1c(O)cc(F)cc1F)N1CCCC1c1ccc2c(c1)OCCO2. The summed E-state index contributed by atoms with van der Waals surface area (Å²) in [6.07, 6.45) is 1.45. The fourth-order valence-corrected chi connectivity index (χ4v) is 3.54. The van der Waals surface area contributed by atoms with Crippen LogP contribution in [-0.2, 0) is 0 Å². The number of phenolic OH excluding ortho intramolecular Hbond substituents is 1. The number of ether oxygens (including phenoxy) is 2. The summed E-state index contributed by atoms with van der Waals surface area (Å²) in [7, 11) is 0. The molecule has 26 heavy (non-hydrogen) atoms. The molecule has 2 heterocycles. The summed E-state index contributed by atoms with van der Waals surface area (Å²) in [6.45, 7) is 1.37. The van der Waals surface area contributed by atoms with Crippen molar-refractivity contribution < 1.29 is 28.2 Å². The molecule has 2 aromatic carbocycles. The van der Waals surface area contributed by atoms with Gasteiger partial charge < -0.3 is 19.5 Å². The van der Waals surface area contributed by atoms with Gasteiger partial charge in [-0.1, -0.05) is 6.07 Å².